The molecule has 0 aliphatic heterocycles. The molecule has 0 saturated heterocycles. The Bertz CT molecular complexity index is 305. The van der Waals surface area contributed by atoms with Crippen LogP contribution in [-0.4, -0.2) is 23.8 Å². The zero-order valence-electron chi connectivity index (χ0n) is 8.21. The Balaban J connectivity index is 3.07. The summed E-state index contributed by atoms with van der Waals surface area (Å²) in [6.45, 7) is 2.19. The lowest BCUT2D eigenvalue weighted by atomic mass is 10.1. The number of phenolic OH excluding ortho intramolecular Hbond substituents is 1. The van der Waals surface area contributed by atoms with Crippen molar-refractivity contribution < 1.29 is 10.2 Å². The average Bonchev–Trinajstić information content (AvgIpc) is 2.01. The minimum atomic E-state index is -0.784. The van der Waals surface area contributed by atoms with Gasteiger partial charge in [-0.1, -0.05) is 11.6 Å². The van der Waals surface area contributed by atoms with Crippen molar-refractivity contribution in [3.05, 3.63) is 28.3 Å². The Morgan fingerprint density at radius 2 is 2.14 bits per heavy atom. The Hall–Kier alpha value is -0.770. The average molecular weight is 216 g/mol. The normalized spacial score (nSPS) is 12.9. The molecule has 0 aromatic heterocycles. The highest BCUT2D eigenvalue weighted by Crippen LogP contribution is 2.32. The summed E-state index contributed by atoms with van der Waals surface area (Å²) in [5, 5.41) is 22.5. The Morgan fingerprint density at radius 1 is 1.50 bits per heavy atom. The van der Waals surface area contributed by atoms with Gasteiger partial charge in [-0.2, -0.15) is 0 Å². The largest absolute Gasteiger partial charge is 0.508 e. The van der Waals surface area contributed by atoms with Crippen molar-refractivity contribution in [2.75, 3.05) is 13.6 Å². The monoisotopic (exact) mass is 215 g/mol. The van der Waals surface area contributed by atoms with E-state index in [4.69, 9.17) is 11.6 Å². The van der Waals surface area contributed by atoms with Gasteiger partial charge in [0.2, 0.25) is 0 Å². The number of nitrogens with one attached hydrogen (secondary N) is 1. The van der Waals surface area contributed by atoms with Crippen molar-refractivity contribution >= 4 is 11.6 Å². The van der Waals surface area contributed by atoms with Crippen LogP contribution in [-0.2, 0) is 0 Å². The van der Waals surface area contributed by atoms with Crippen LogP contribution in [0.4, 0.5) is 0 Å². The number of aromatic hydroxyl groups is 1. The maximum absolute atomic E-state index is 9.67. The molecule has 0 radical (unpaired) electrons. The molecule has 0 heterocycles. The Labute approximate surface area is 88.3 Å². The van der Waals surface area contributed by atoms with Gasteiger partial charge in [0.1, 0.15) is 5.75 Å². The van der Waals surface area contributed by atoms with Crippen LogP contribution in [0.3, 0.4) is 0 Å². The van der Waals surface area contributed by atoms with E-state index in [9.17, 15) is 10.2 Å². The maximum Gasteiger partial charge on any atom is 0.123 e. The second-order valence-electron chi connectivity index (χ2n) is 3.25. The number of likely N-dealkylation sites (N-methyl/N-ethyl adjacent to an activating group) is 1. The zero-order chi connectivity index (χ0) is 10.7. The maximum atomic E-state index is 9.67. The van der Waals surface area contributed by atoms with Crippen LogP contribution < -0.4 is 5.32 Å². The first-order valence-corrected chi connectivity index (χ1v) is 4.75. The summed E-state index contributed by atoms with van der Waals surface area (Å²) < 4.78 is 0. The lowest BCUT2D eigenvalue weighted by Crippen LogP contribution is -2.17. The molecular weight excluding hydrogens is 202 g/mol. The summed E-state index contributed by atoms with van der Waals surface area (Å²) in [5.74, 6) is 0.0396. The molecule has 0 amide bonds. The number of hydrogen-bond donors (Lipinski definition) is 3. The minimum Gasteiger partial charge on any atom is -0.508 e. The van der Waals surface area contributed by atoms with Crippen LogP contribution in [0.15, 0.2) is 12.1 Å². The first-order chi connectivity index (χ1) is 6.56. The molecule has 3 N–H and O–H groups in total. The standard InChI is InChI=1S/C10H14ClNO2/c1-6-3-7(11)10(8(13)4-6)9(14)5-12-2/h3-4,9,12-14H,5H2,1-2H3. The van der Waals surface area contributed by atoms with Gasteiger partial charge in [0, 0.05) is 12.1 Å². The molecule has 0 aliphatic rings. The van der Waals surface area contributed by atoms with Crippen LogP contribution in [0.1, 0.15) is 17.2 Å². The summed E-state index contributed by atoms with van der Waals surface area (Å²) in [6.07, 6.45) is -0.784. The van der Waals surface area contributed by atoms with E-state index in [0.717, 1.165) is 5.56 Å². The number of aryl methyl sites for hydroxylation is 1. The van der Waals surface area contributed by atoms with E-state index in [1.165, 1.54) is 0 Å². The van der Waals surface area contributed by atoms with Gasteiger partial charge in [-0.3, -0.25) is 0 Å². The zero-order valence-corrected chi connectivity index (χ0v) is 8.97. The van der Waals surface area contributed by atoms with E-state index in [2.05, 4.69) is 5.32 Å². The van der Waals surface area contributed by atoms with Crippen LogP contribution in [0.5, 0.6) is 5.75 Å². The lowest BCUT2D eigenvalue weighted by Gasteiger charge is -2.14. The minimum absolute atomic E-state index is 0.0396. The SMILES string of the molecule is CNCC(O)c1c(O)cc(C)cc1Cl. The highest BCUT2D eigenvalue weighted by atomic mass is 35.5. The number of aliphatic hydroxyl groups excluding tert-OH is 1. The predicted octanol–water partition coefficient (Wildman–Crippen LogP) is 1.61. The predicted molar refractivity (Wildman–Crippen MR) is 56.7 cm³/mol. The third kappa shape index (κ3) is 2.38. The molecule has 1 unspecified atom stereocenters. The molecule has 14 heavy (non-hydrogen) atoms. The third-order valence-electron chi connectivity index (χ3n) is 1.98. The van der Waals surface area contributed by atoms with Gasteiger partial charge in [-0.25, -0.2) is 0 Å². The second-order valence-corrected chi connectivity index (χ2v) is 3.66. The van der Waals surface area contributed by atoms with E-state index < -0.39 is 6.10 Å². The summed E-state index contributed by atoms with van der Waals surface area (Å²) in [4.78, 5) is 0. The van der Waals surface area contributed by atoms with Gasteiger partial charge in [-0.15, -0.1) is 0 Å². The van der Waals surface area contributed by atoms with E-state index >= 15 is 0 Å². The van der Waals surface area contributed by atoms with Gasteiger partial charge >= 0.3 is 0 Å². The molecule has 1 atom stereocenters. The van der Waals surface area contributed by atoms with Crippen LogP contribution >= 0.6 is 11.6 Å². The van der Waals surface area contributed by atoms with Crippen LogP contribution in [0.2, 0.25) is 5.02 Å². The van der Waals surface area contributed by atoms with Crippen molar-refractivity contribution in [1.29, 1.82) is 0 Å². The smallest absolute Gasteiger partial charge is 0.123 e. The van der Waals surface area contributed by atoms with Gasteiger partial charge in [0.15, 0.2) is 0 Å². The third-order valence-corrected chi connectivity index (χ3v) is 2.30. The van der Waals surface area contributed by atoms with Crippen molar-refractivity contribution in [2.24, 2.45) is 0 Å². The van der Waals surface area contributed by atoms with Crippen molar-refractivity contribution in [2.45, 2.75) is 13.0 Å². The Morgan fingerprint density at radius 3 is 2.64 bits per heavy atom. The van der Waals surface area contributed by atoms with Crippen molar-refractivity contribution in [3.63, 3.8) is 0 Å². The molecule has 1 aromatic rings. The number of hydrogen-bond acceptors (Lipinski definition) is 3. The van der Waals surface area contributed by atoms with Gasteiger partial charge < -0.3 is 15.5 Å². The summed E-state index contributed by atoms with van der Waals surface area (Å²) >= 11 is 5.92. The van der Waals surface area contributed by atoms with Crippen molar-refractivity contribution in [1.82, 2.24) is 5.32 Å². The van der Waals surface area contributed by atoms with Gasteiger partial charge in [0.05, 0.1) is 11.1 Å². The molecule has 0 fully saturated rings. The van der Waals surface area contributed by atoms with E-state index in [0.29, 0.717) is 17.1 Å². The Kier molecular flexibility index (Phi) is 3.75. The molecule has 0 spiro atoms. The van der Waals surface area contributed by atoms with Crippen LogP contribution in [0, 0.1) is 6.92 Å². The van der Waals surface area contributed by atoms with Gasteiger partial charge in [-0.05, 0) is 31.7 Å². The molecule has 1 aromatic carbocycles. The summed E-state index contributed by atoms with van der Waals surface area (Å²) in [5.41, 5.74) is 1.25. The number of halogens is 1. The molecule has 0 aliphatic carbocycles. The molecule has 1 rings (SSSR count). The highest BCUT2D eigenvalue weighted by Gasteiger charge is 2.15. The van der Waals surface area contributed by atoms with E-state index in [1.807, 2.05) is 6.92 Å². The fourth-order valence-corrected chi connectivity index (χ4v) is 1.76. The van der Waals surface area contributed by atoms with Crippen molar-refractivity contribution in [3.8, 4) is 5.75 Å². The van der Waals surface area contributed by atoms with Gasteiger partial charge in [0.25, 0.3) is 0 Å². The molecule has 3 nitrogen and oxygen atoms in total. The molecule has 78 valence electrons. The first kappa shape index (κ1) is 11.3. The second kappa shape index (κ2) is 4.64. The van der Waals surface area contributed by atoms with E-state index in [1.54, 1.807) is 19.2 Å². The summed E-state index contributed by atoms with van der Waals surface area (Å²) in [6, 6.07) is 3.30. The first-order valence-electron chi connectivity index (χ1n) is 4.38. The van der Waals surface area contributed by atoms with E-state index in [-0.39, 0.29) is 5.75 Å². The number of rotatable bonds is 3. The number of aliphatic hydroxyl groups is 1. The number of phenols is 1. The molecular formula is C10H14ClNO2. The fourth-order valence-electron chi connectivity index (χ4n) is 1.36. The fraction of sp³-hybridized carbons (Fsp3) is 0.400. The highest BCUT2D eigenvalue weighted by molar-refractivity contribution is 6.31. The summed E-state index contributed by atoms with van der Waals surface area (Å²) in [7, 11) is 1.72. The number of benzene rings is 1. The topological polar surface area (TPSA) is 52.5 Å². The quantitative estimate of drug-likeness (QED) is 0.718. The lowest BCUT2D eigenvalue weighted by molar-refractivity contribution is 0.174. The molecule has 0 saturated carbocycles. The molecule has 0 bridgehead atoms. The van der Waals surface area contributed by atoms with Crippen LogP contribution in [0.25, 0.3) is 0 Å². The molecule has 4 heteroatoms.